The maximum absolute atomic E-state index is 11.3. The van der Waals surface area contributed by atoms with Crippen LogP contribution < -0.4 is 10.6 Å². The molecule has 0 aliphatic heterocycles. The smallest absolute Gasteiger partial charge is 0.234 e. The quantitative estimate of drug-likeness (QED) is 0.734. The average Bonchev–Trinajstić information content (AvgIpc) is 2.76. The first-order chi connectivity index (χ1) is 8.29. The molecule has 1 aliphatic rings. The highest BCUT2D eigenvalue weighted by Gasteiger charge is 2.20. The Morgan fingerprint density at radius 3 is 2.59 bits per heavy atom. The van der Waals surface area contributed by atoms with E-state index >= 15 is 0 Å². The Hall–Kier alpha value is -1.86. The molecular formula is C13H15N3O. The van der Waals surface area contributed by atoms with Gasteiger partial charge in [-0.25, -0.2) is 0 Å². The fourth-order valence-electron chi connectivity index (χ4n) is 2.14. The molecule has 0 unspecified atom stereocenters. The minimum atomic E-state index is -0.123. The fraction of sp³-hybridized carbons (Fsp3) is 0.385. The third kappa shape index (κ3) is 3.05. The van der Waals surface area contributed by atoms with Crippen molar-refractivity contribution in [2.24, 2.45) is 0 Å². The van der Waals surface area contributed by atoms with Crippen LogP contribution in [0, 0.1) is 11.3 Å². The summed E-state index contributed by atoms with van der Waals surface area (Å²) in [6, 6.07) is 10.6. The number of benzene rings is 1. The van der Waals surface area contributed by atoms with E-state index in [-0.39, 0.29) is 19.0 Å². The van der Waals surface area contributed by atoms with Gasteiger partial charge in [-0.05, 0) is 24.0 Å². The van der Waals surface area contributed by atoms with E-state index in [1.54, 1.807) is 0 Å². The molecule has 0 atom stereocenters. The summed E-state index contributed by atoms with van der Waals surface area (Å²) in [4.78, 5) is 11.3. The van der Waals surface area contributed by atoms with E-state index < -0.39 is 0 Å². The normalized spacial score (nSPS) is 14.1. The Morgan fingerprint density at radius 1 is 1.35 bits per heavy atom. The summed E-state index contributed by atoms with van der Waals surface area (Å²) in [5.74, 6) is -0.123. The second-order valence-electron chi connectivity index (χ2n) is 4.19. The largest absolute Gasteiger partial charge is 0.342 e. The zero-order valence-electron chi connectivity index (χ0n) is 9.57. The van der Waals surface area contributed by atoms with Crippen molar-refractivity contribution in [2.75, 3.05) is 13.1 Å². The van der Waals surface area contributed by atoms with Crippen molar-refractivity contribution >= 4 is 5.91 Å². The molecule has 4 heteroatoms. The molecule has 17 heavy (non-hydrogen) atoms. The number of amides is 1. The summed E-state index contributed by atoms with van der Waals surface area (Å²) in [5, 5.41) is 14.1. The molecule has 1 aliphatic carbocycles. The number of nitrogens with one attached hydrogen (secondary N) is 2. The molecule has 2 rings (SSSR count). The van der Waals surface area contributed by atoms with Crippen LogP contribution in [0.5, 0.6) is 0 Å². The van der Waals surface area contributed by atoms with Gasteiger partial charge in [-0.2, -0.15) is 5.26 Å². The summed E-state index contributed by atoms with van der Waals surface area (Å²) >= 11 is 0. The van der Waals surface area contributed by atoms with Crippen molar-refractivity contribution in [3.8, 4) is 6.07 Å². The van der Waals surface area contributed by atoms with E-state index in [4.69, 9.17) is 5.26 Å². The SMILES string of the molecule is N#CCNC(=O)CNC1Cc2ccccc2C1. The number of hydrogen-bond donors (Lipinski definition) is 2. The minimum Gasteiger partial charge on any atom is -0.342 e. The predicted octanol–water partition coefficient (Wildman–Crippen LogP) is 0.383. The highest BCUT2D eigenvalue weighted by molar-refractivity contribution is 5.78. The minimum absolute atomic E-state index is 0.0748. The molecule has 0 saturated heterocycles. The monoisotopic (exact) mass is 229 g/mol. The molecule has 1 amide bonds. The molecule has 0 saturated carbocycles. The Bertz CT molecular complexity index is 425. The van der Waals surface area contributed by atoms with Crippen molar-refractivity contribution in [3.63, 3.8) is 0 Å². The zero-order chi connectivity index (χ0) is 12.1. The summed E-state index contributed by atoms with van der Waals surface area (Å²) in [5.41, 5.74) is 2.73. The van der Waals surface area contributed by atoms with Gasteiger partial charge >= 0.3 is 0 Å². The number of carbonyl (C=O) groups excluding carboxylic acids is 1. The van der Waals surface area contributed by atoms with E-state index in [0.717, 1.165) is 12.8 Å². The van der Waals surface area contributed by atoms with Crippen LogP contribution in [0.15, 0.2) is 24.3 Å². The molecule has 0 heterocycles. The van der Waals surface area contributed by atoms with Crippen LogP contribution >= 0.6 is 0 Å². The van der Waals surface area contributed by atoms with Crippen LogP contribution in [-0.2, 0) is 17.6 Å². The van der Waals surface area contributed by atoms with Gasteiger partial charge in [0.05, 0.1) is 12.6 Å². The average molecular weight is 229 g/mol. The number of nitrogens with zero attached hydrogens (tertiary/aromatic N) is 1. The first kappa shape index (κ1) is 11.6. The Balaban J connectivity index is 1.77. The topological polar surface area (TPSA) is 64.9 Å². The Morgan fingerprint density at radius 2 is 2.00 bits per heavy atom. The van der Waals surface area contributed by atoms with Gasteiger partial charge < -0.3 is 10.6 Å². The molecule has 1 aromatic carbocycles. The lowest BCUT2D eigenvalue weighted by atomic mass is 10.1. The van der Waals surface area contributed by atoms with Crippen LogP contribution in [0.1, 0.15) is 11.1 Å². The molecule has 4 nitrogen and oxygen atoms in total. The Labute approximate surface area is 101 Å². The van der Waals surface area contributed by atoms with Gasteiger partial charge in [0.25, 0.3) is 0 Å². The van der Waals surface area contributed by atoms with Gasteiger partial charge in [-0.1, -0.05) is 24.3 Å². The van der Waals surface area contributed by atoms with Crippen molar-refractivity contribution in [3.05, 3.63) is 35.4 Å². The maximum Gasteiger partial charge on any atom is 0.234 e. The van der Waals surface area contributed by atoms with Crippen molar-refractivity contribution < 1.29 is 4.79 Å². The summed E-state index contributed by atoms with van der Waals surface area (Å²) in [6.45, 7) is 0.353. The van der Waals surface area contributed by atoms with Crippen molar-refractivity contribution in [1.82, 2.24) is 10.6 Å². The first-order valence-electron chi connectivity index (χ1n) is 5.73. The molecule has 0 spiro atoms. The second kappa shape index (κ2) is 5.46. The van der Waals surface area contributed by atoms with Crippen LogP contribution in [0.2, 0.25) is 0 Å². The summed E-state index contributed by atoms with van der Waals surface area (Å²) in [7, 11) is 0. The number of hydrogen-bond acceptors (Lipinski definition) is 3. The maximum atomic E-state index is 11.3. The molecule has 0 fully saturated rings. The van der Waals surface area contributed by atoms with Gasteiger partial charge in [0.1, 0.15) is 6.54 Å². The van der Waals surface area contributed by atoms with Gasteiger partial charge in [-0.3, -0.25) is 4.79 Å². The van der Waals surface area contributed by atoms with E-state index in [1.807, 2.05) is 18.2 Å². The molecule has 88 valence electrons. The van der Waals surface area contributed by atoms with Gasteiger partial charge in [0.2, 0.25) is 5.91 Å². The molecule has 0 bridgehead atoms. The van der Waals surface area contributed by atoms with E-state index in [2.05, 4.69) is 22.8 Å². The second-order valence-corrected chi connectivity index (χ2v) is 4.19. The lowest BCUT2D eigenvalue weighted by Gasteiger charge is -2.10. The van der Waals surface area contributed by atoms with Gasteiger partial charge in [0.15, 0.2) is 0 Å². The molecule has 1 aromatic rings. The number of nitriles is 1. The fourth-order valence-corrected chi connectivity index (χ4v) is 2.14. The van der Waals surface area contributed by atoms with Crippen molar-refractivity contribution in [1.29, 1.82) is 5.26 Å². The van der Waals surface area contributed by atoms with E-state index in [0.29, 0.717) is 6.04 Å². The Kier molecular flexibility index (Phi) is 3.73. The molecule has 2 N–H and O–H groups in total. The van der Waals surface area contributed by atoms with Gasteiger partial charge in [-0.15, -0.1) is 0 Å². The highest BCUT2D eigenvalue weighted by atomic mass is 16.1. The lowest BCUT2D eigenvalue weighted by molar-refractivity contribution is -0.120. The third-order valence-electron chi connectivity index (χ3n) is 2.97. The predicted molar refractivity (Wildman–Crippen MR) is 64.3 cm³/mol. The number of rotatable bonds is 4. The van der Waals surface area contributed by atoms with E-state index in [9.17, 15) is 4.79 Å². The van der Waals surface area contributed by atoms with Crippen LogP contribution in [0.25, 0.3) is 0 Å². The number of fused-ring (bicyclic) bond motifs is 1. The zero-order valence-corrected chi connectivity index (χ0v) is 9.57. The summed E-state index contributed by atoms with van der Waals surface area (Å²) < 4.78 is 0. The van der Waals surface area contributed by atoms with Crippen molar-refractivity contribution in [2.45, 2.75) is 18.9 Å². The first-order valence-corrected chi connectivity index (χ1v) is 5.73. The molecule has 0 aromatic heterocycles. The van der Waals surface area contributed by atoms with Gasteiger partial charge in [0, 0.05) is 6.04 Å². The third-order valence-corrected chi connectivity index (χ3v) is 2.97. The van der Waals surface area contributed by atoms with Crippen LogP contribution in [-0.4, -0.2) is 25.0 Å². The van der Waals surface area contributed by atoms with E-state index in [1.165, 1.54) is 11.1 Å². The summed E-state index contributed by atoms with van der Waals surface area (Å²) in [6.07, 6.45) is 1.95. The standard InChI is InChI=1S/C13H15N3O/c14-5-6-15-13(17)9-16-12-7-10-3-1-2-4-11(10)8-12/h1-4,12,16H,6-9H2,(H,15,17). The van der Waals surface area contributed by atoms with Crippen LogP contribution in [0.4, 0.5) is 0 Å². The molecular weight excluding hydrogens is 214 g/mol. The van der Waals surface area contributed by atoms with Crippen LogP contribution in [0.3, 0.4) is 0 Å². The molecule has 0 radical (unpaired) electrons. The lowest BCUT2D eigenvalue weighted by Crippen LogP contribution is -2.39. The number of carbonyl (C=O) groups is 1. The highest BCUT2D eigenvalue weighted by Crippen LogP contribution is 2.21.